The SMILES string of the molecule is O=CC[C@H]1[C@H](/C=C/CC/C=C\CCO)[C@H](O)C[C@H]1O. The normalized spacial score (nSPS) is 31.5. The molecule has 4 heteroatoms. The Morgan fingerprint density at radius 3 is 2.37 bits per heavy atom. The highest BCUT2D eigenvalue weighted by Crippen LogP contribution is 2.35. The van der Waals surface area contributed by atoms with Crippen LogP contribution < -0.4 is 0 Å². The van der Waals surface area contributed by atoms with Crippen molar-refractivity contribution in [1.29, 1.82) is 0 Å². The maximum atomic E-state index is 10.6. The Bertz CT molecular complexity index is 311. The number of aliphatic hydroxyl groups excluding tert-OH is 3. The highest BCUT2D eigenvalue weighted by atomic mass is 16.3. The van der Waals surface area contributed by atoms with Crippen LogP contribution in [0, 0.1) is 11.8 Å². The van der Waals surface area contributed by atoms with E-state index in [0.29, 0.717) is 19.3 Å². The quantitative estimate of drug-likeness (QED) is 0.351. The molecule has 0 aromatic carbocycles. The molecule has 0 unspecified atom stereocenters. The van der Waals surface area contributed by atoms with Crippen LogP contribution in [0.25, 0.3) is 0 Å². The van der Waals surface area contributed by atoms with Crippen molar-refractivity contribution in [3.05, 3.63) is 24.3 Å². The van der Waals surface area contributed by atoms with Gasteiger partial charge in [-0.15, -0.1) is 0 Å². The third-order valence-electron chi connectivity index (χ3n) is 3.61. The zero-order chi connectivity index (χ0) is 14.1. The third kappa shape index (κ3) is 5.27. The number of carbonyl (C=O) groups is 1. The molecule has 0 aliphatic heterocycles. The molecule has 1 saturated carbocycles. The van der Waals surface area contributed by atoms with E-state index in [9.17, 15) is 15.0 Å². The van der Waals surface area contributed by atoms with Crippen molar-refractivity contribution in [2.75, 3.05) is 6.61 Å². The summed E-state index contributed by atoms with van der Waals surface area (Å²) in [6.45, 7) is 0.172. The van der Waals surface area contributed by atoms with E-state index in [1.54, 1.807) is 0 Å². The van der Waals surface area contributed by atoms with Gasteiger partial charge in [0, 0.05) is 31.3 Å². The molecule has 19 heavy (non-hydrogen) atoms. The molecule has 1 fully saturated rings. The lowest BCUT2D eigenvalue weighted by Crippen LogP contribution is -2.20. The summed E-state index contributed by atoms with van der Waals surface area (Å²) < 4.78 is 0. The number of hydrogen-bond donors (Lipinski definition) is 3. The number of aldehydes is 1. The molecular formula is C15H24O4. The van der Waals surface area contributed by atoms with Crippen molar-refractivity contribution in [3.8, 4) is 0 Å². The maximum Gasteiger partial charge on any atom is 0.120 e. The van der Waals surface area contributed by atoms with Crippen LogP contribution in [0.3, 0.4) is 0 Å². The first-order valence-electron chi connectivity index (χ1n) is 6.93. The fourth-order valence-corrected chi connectivity index (χ4v) is 2.57. The maximum absolute atomic E-state index is 10.6. The molecule has 1 rings (SSSR count). The van der Waals surface area contributed by atoms with Gasteiger partial charge in [0.25, 0.3) is 0 Å². The van der Waals surface area contributed by atoms with Crippen LogP contribution >= 0.6 is 0 Å². The number of unbranched alkanes of at least 4 members (excludes halogenated alkanes) is 1. The van der Waals surface area contributed by atoms with Crippen molar-refractivity contribution in [2.24, 2.45) is 11.8 Å². The molecule has 108 valence electrons. The summed E-state index contributed by atoms with van der Waals surface area (Å²) in [5.41, 5.74) is 0. The predicted molar refractivity (Wildman–Crippen MR) is 73.5 cm³/mol. The number of rotatable bonds is 8. The minimum Gasteiger partial charge on any atom is -0.396 e. The van der Waals surface area contributed by atoms with Crippen molar-refractivity contribution in [2.45, 2.75) is 44.3 Å². The summed E-state index contributed by atoms with van der Waals surface area (Å²) in [7, 11) is 0. The second-order valence-electron chi connectivity index (χ2n) is 5.00. The van der Waals surface area contributed by atoms with Crippen molar-refractivity contribution in [3.63, 3.8) is 0 Å². The summed E-state index contributed by atoms with van der Waals surface area (Å²) in [5.74, 6) is -0.282. The topological polar surface area (TPSA) is 77.8 Å². The first kappa shape index (κ1) is 16.1. The molecule has 0 aromatic heterocycles. The predicted octanol–water partition coefficient (Wildman–Crippen LogP) is 1.21. The van der Waals surface area contributed by atoms with Gasteiger partial charge in [-0.1, -0.05) is 24.3 Å². The van der Waals surface area contributed by atoms with E-state index in [0.717, 1.165) is 19.1 Å². The fraction of sp³-hybridized carbons (Fsp3) is 0.667. The average Bonchev–Trinajstić information content (AvgIpc) is 2.64. The largest absolute Gasteiger partial charge is 0.396 e. The minimum absolute atomic E-state index is 0.123. The first-order valence-corrected chi connectivity index (χ1v) is 6.93. The Morgan fingerprint density at radius 2 is 1.68 bits per heavy atom. The van der Waals surface area contributed by atoms with Crippen LogP contribution in [-0.2, 0) is 4.79 Å². The molecule has 0 aromatic rings. The second-order valence-corrected chi connectivity index (χ2v) is 5.00. The molecule has 0 bridgehead atoms. The van der Waals surface area contributed by atoms with Crippen molar-refractivity contribution < 1.29 is 20.1 Å². The molecule has 3 N–H and O–H groups in total. The summed E-state index contributed by atoms with van der Waals surface area (Å²) in [6, 6.07) is 0. The Balaban J connectivity index is 2.38. The van der Waals surface area contributed by atoms with E-state index < -0.39 is 12.2 Å². The number of hydrogen-bond acceptors (Lipinski definition) is 4. The van der Waals surface area contributed by atoms with Gasteiger partial charge in [-0.2, -0.15) is 0 Å². The Labute approximate surface area is 114 Å². The van der Waals surface area contributed by atoms with Crippen LogP contribution in [0.5, 0.6) is 0 Å². The average molecular weight is 268 g/mol. The van der Waals surface area contributed by atoms with E-state index in [4.69, 9.17) is 5.11 Å². The molecule has 0 heterocycles. The van der Waals surface area contributed by atoms with Gasteiger partial charge < -0.3 is 20.1 Å². The second kappa shape index (κ2) is 9.02. The highest BCUT2D eigenvalue weighted by Gasteiger charge is 2.39. The van der Waals surface area contributed by atoms with Gasteiger partial charge >= 0.3 is 0 Å². The van der Waals surface area contributed by atoms with Gasteiger partial charge in [-0.3, -0.25) is 0 Å². The van der Waals surface area contributed by atoms with E-state index >= 15 is 0 Å². The van der Waals surface area contributed by atoms with Gasteiger partial charge in [0.1, 0.15) is 6.29 Å². The molecule has 1 aliphatic carbocycles. The van der Waals surface area contributed by atoms with E-state index in [1.165, 1.54) is 0 Å². The fourth-order valence-electron chi connectivity index (χ4n) is 2.57. The number of allylic oxidation sites excluding steroid dienone is 2. The molecule has 4 nitrogen and oxygen atoms in total. The monoisotopic (exact) mass is 268 g/mol. The zero-order valence-corrected chi connectivity index (χ0v) is 11.2. The Kier molecular flexibility index (Phi) is 7.63. The van der Waals surface area contributed by atoms with Gasteiger partial charge in [0.2, 0.25) is 0 Å². The van der Waals surface area contributed by atoms with Crippen LogP contribution in [0.1, 0.15) is 32.1 Å². The molecule has 4 atom stereocenters. The van der Waals surface area contributed by atoms with E-state index in [1.807, 2.05) is 24.3 Å². The molecule has 1 aliphatic rings. The zero-order valence-electron chi connectivity index (χ0n) is 11.2. The number of carbonyl (C=O) groups excluding carboxylic acids is 1. The van der Waals surface area contributed by atoms with E-state index in [-0.39, 0.29) is 18.4 Å². The minimum atomic E-state index is -0.584. The third-order valence-corrected chi connectivity index (χ3v) is 3.61. The van der Waals surface area contributed by atoms with Gasteiger partial charge in [0.05, 0.1) is 12.2 Å². The summed E-state index contributed by atoms with van der Waals surface area (Å²) in [5, 5.41) is 28.2. The Morgan fingerprint density at radius 1 is 1.00 bits per heavy atom. The summed E-state index contributed by atoms with van der Waals surface area (Å²) in [6.07, 6.45) is 10.6. The van der Waals surface area contributed by atoms with E-state index in [2.05, 4.69) is 0 Å². The standard InChI is InChI=1S/C15H24O4/c16-9-6-4-2-1-3-5-7-12-13(8-10-17)15(19)11-14(12)18/h2,4-5,7,10,12-16,18-19H,1,3,6,8-9,11H2/b4-2-,7-5+/t12-,13-,14+,15+/m0/s1. The van der Waals surface area contributed by atoms with Crippen LogP contribution in [0.15, 0.2) is 24.3 Å². The lowest BCUT2D eigenvalue weighted by Gasteiger charge is -2.17. The summed E-state index contributed by atoms with van der Waals surface area (Å²) in [4.78, 5) is 10.6. The smallest absolute Gasteiger partial charge is 0.120 e. The van der Waals surface area contributed by atoms with Crippen LogP contribution in [0.2, 0.25) is 0 Å². The lowest BCUT2D eigenvalue weighted by atomic mass is 9.90. The van der Waals surface area contributed by atoms with Gasteiger partial charge in [0.15, 0.2) is 0 Å². The van der Waals surface area contributed by atoms with Gasteiger partial charge in [-0.05, 0) is 19.3 Å². The van der Waals surface area contributed by atoms with Crippen molar-refractivity contribution in [1.82, 2.24) is 0 Å². The first-order chi connectivity index (χ1) is 9.20. The Hall–Kier alpha value is -0.970. The highest BCUT2D eigenvalue weighted by molar-refractivity contribution is 5.50. The van der Waals surface area contributed by atoms with Crippen LogP contribution in [-0.4, -0.2) is 40.4 Å². The molecule has 0 radical (unpaired) electrons. The number of aliphatic hydroxyl groups is 3. The van der Waals surface area contributed by atoms with Crippen molar-refractivity contribution >= 4 is 6.29 Å². The molecular weight excluding hydrogens is 244 g/mol. The molecule has 0 saturated heterocycles. The molecule has 0 amide bonds. The molecule has 0 spiro atoms. The van der Waals surface area contributed by atoms with Gasteiger partial charge in [-0.25, -0.2) is 0 Å². The van der Waals surface area contributed by atoms with Crippen LogP contribution in [0.4, 0.5) is 0 Å². The lowest BCUT2D eigenvalue weighted by molar-refractivity contribution is -0.109. The summed E-state index contributed by atoms with van der Waals surface area (Å²) >= 11 is 0.